The summed E-state index contributed by atoms with van der Waals surface area (Å²) >= 11 is 7.02. The number of phenolic OH excluding ortho intramolecular Hbond substituents is 1. The Hall–Kier alpha value is -2.54. The molecule has 0 bridgehead atoms. The third kappa shape index (κ3) is 5.88. The molecule has 38 heavy (non-hydrogen) atoms. The van der Waals surface area contributed by atoms with Gasteiger partial charge in [-0.2, -0.15) is 13.8 Å². The number of aliphatic hydroxyl groups is 1. The minimum absolute atomic E-state index is 0.0156. The molecule has 3 heterocycles. The van der Waals surface area contributed by atoms with Crippen molar-refractivity contribution in [2.45, 2.75) is 67.3 Å². The number of phenols is 1. The Morgan fingerprint density at radius 3 is 2.74 bits per heavy atom. The molecule has 2 aromatic heterocycles. The fourth-order valence-electron chi connectivity index (χ4n) is 5.53. The topological polar surface area (TPSA) is 110 Å². The number of nitrogens with zero attached hydrogens (tertiary/aromatic N) is 4. The molecule has 3 aromatic rings. The molecule has 1 aromatic carbocycles. The van der Waals surface area contributed by atoms with Crippen LogP contribution in [0.15, 0.2) is 41.9 Å². The number of aromatic nitrogens is 4. The van der Waals surface area contributed by atoms with E-state index in [-0.39, 0.29) is 41.4 Å². The summed E-state index contributed by atoms with van der Waals surface area (Å²) in [5.41, 5.74) is 0.115. The first-order valence-corrected chi connectivity index (χ1v) is 13.9. The van der Waals surface area contributed by atoms with E-state index in [4.69, 9.17) is 16.3 Å². The van der Waals surface area contributed by atoms with Crippen LogP contribution in [0, 0.1) is 5.92 Å². The van der Waals surface area contributed by atoms with Gasteiger partial charge in [-0.25, -0.2) is 14.3 Å². The van der Waals surface area contributed by atoms with Crippen LogP contribution >= 0.6 is 34.2 Å². The maximum Gasteiger partial charge on any atom is 0.338 e. The van der Waals surface area contributed by atoms with E-state index < -0.39 is 21.9 Å². The lowest BCUT2D eigenvalue weighted by atomic mass is 9.76. The standard InChI is InChI=1S/C26H26ClF2IN4O4/c27-18-13-31-24-32-22(33-34(24)14-18)10-19-21(36)12-25(38-23(19)37,17-3-1-2-4-17)8-7-15-5-6-20(35)16(9-15)11-26(28,29)30/h5-6,9,13-14,17,35-36H,1-4,7-8,10-12H2. The van der Waals surface area contributed by atoms with Crippen molar-refractivity contribution in [2.24, 2.45) is 5.92 Å². The first-order chi connectivity index (χ1) is 18.0. The number of ether oxygens (including phenoxy) is 1. The molecule has 1 aliphatic carbocycles. The van der Waals surface area contributed by atoms with E-state index in [9.17, 15) is 23.8 Å². The molecule has 0 radical (unpaired) electrons. The third-order valence-electron chi connectivity index (χ3n) is 7.37. The second-order valence-corrected chi connectivity index (χ2v) is 12.0. The molecule has 2 aliphatic rings. The average Bonchev–Trinajstić information content (AvgIpc) is 3.51. The monoisotopic (exact) mass is 658 g/mol. The fourth-order valence-corrected chi connectivity index (χ4v) is 6.08. The van der Waals surface area contributed by atoms with E-state index in [0.29, 0.717) is 29.5 Å². The van der Waals surface area contributed by atoms with Crippen LogP contribution in [0.1, 0.15) is 55.5 Å². The summed E-state index contributed by atoms with van der Waals surface area (Å²) < 4.78 is 31.7. The van der Waals surface area contributed by atoms with Crippen molar-refractivity contribution in [2.75, 3.05) is 0 Å². The number of carbonyl (C=O) groups is 1. The van der Waals surface area contributed by atoms with Crippen LogP contribution in [-0.2, 0) is 28.8 Å². The number of aryl methyl sites for hydroxylation is 1. The van der Waals surface area contributed by atoms with Gasteiger partial charge in [-0.15, -0.1) is 5.10 Å². The highest BCUT2D eigenvalue weighted by molar-refractivity contribution is 14.1. The summed E-state index contributed by atoms with van der Waals surface area (Å²) in [4.78, 5) is 21.7. The van der Waals surface area contributed by atoms with E-state index in [1.807, 2.05) is 0 Å². The van der Waals surface area contributed by atoms with Crippen molar-refractivity contribution < 1.29 is 28.5 Å². The Morgan fingerprint density at radius 1 is 1.26 bits per heavy atom. The fraction of sp³-hybridized carbons (Fsp3) is 0.462. The van der Waals surface area contributed by atoms with Crippen molar-refractivity contribution in [3.05, 3.63) is 63.9 Å². The van der Waals surface area contributed by atoms with Gasteiger partial charge >= 0.3 is 9.90 Å². The van der Waals surface area contributed by atoms with E-state index in [1.54, 1.807) is 18.3 Å². The van der Waals surface area contributed by atoms with Gasteiger partial charge in [0.2, 0.25) is 0 Å². The van der Waals surface area contributed by atoms with Crippen LogP contribution in [0.2, 0.25) is 5.02 Å². The largest absolute Gasteiger partial charge is 0.512 e. The SMILES string of the molecule is O=C1OC(CCc2ccc(O)c(CC(F)(F)I)c2)(C2CCCC2)CC(O)=C1Cc1nc2ncc(Cl)cn2n1. The van der Waals surface area contributed by atoms with Crippen LogP contribution in [0.4, 0.5) is 8.78 Å². The van der Waals surface area contributed by atoms with Crippen molar-refractivity contribution in [1.29, 1.82) is 0 Å². The number of aromatic hydroxyl groups is 1. The molecular weight excluding hydrogens is 633 g/mol. The summed E-state index contributed by atoms with van der Waals surface area (Å²) in [7, 11) is 0. The lowest BCUT2D eigenvalue weighted by Crippen LogP contribution is -2.46. The molecule has 5 rings (SSSR count). The number of cyclic esters (lactones) is 1. The Bertz CT molecular complexity index is 1400. The highest BCUT2D eigenvalue weighted by Crippen LogP contribution is 2.46. The lowest BCUT2D eigenvalue weighted by Gasteiger charge is -2.41. The van der Waals surface area contributed by atoms with E-state index in [0.717, 1.165) is 53.8 Å². The molecule has 0 spiro atoms. The number of fused-ring (bicyclic) bond motifs is 1. The summed E-state index contributed by atoms with van der Waals surface area (Å²) in [6.45, 7) is 0. The van der Waals surface area contributed by atoms with Gasteiger partial charge in [-0.1, -0.05) is 36.6 Å². The van der Waals surface area contributed by atoms with Crippen molar-refractivity contribution in [1.82, 2.24) is 19.6 Å². The van der Waals surface area contributed by atoms with Crippen LogP contribution in [0.5, 0.6) is 5.75 Å². The zero-order valence-electron chi connectivity index (χ0n) is 20.3. The molecule has 202 valence electrons. The second kappa shape index (κ2) is 10.6. The van der Waals surface area contributed by atoms with Crippen LogP contribution < -0.4 is 0 Å². The Morgan fingerprint density at radius 2 is 2.03 bits per heavy atom. The Kier molecular flexibility index (Phi) is 7.51. The van der Waals surface area contributed by atoms with Gasteiger partial charge in [0.15, 0.2) is 5.82 Å². The number of esters is 1. The van der Waals surface area contributed by atoms with E-state index in [1.165, 1.54) is 16.8 Å². The quantitative estimate of drug-likeness (QED) is 0.176. The van der Waals surface area contributed by atoms with Crippen molar-refractivity contribution >= 4 is 45.9 Å². The summed E-state index contributed by atoms with van der Waals surface area (Å²) in [5.74, 6) is -0.138. The number of hydrogen-bond acceptors (Lipinski definition) is 7. The number of carbonyl (C=O) groups excluding carboxylic acids is 1. The summed E-state index contributed by atoms with van der Waals surface area (Å²) in [6.07, 6.45) is 7.18. The maximum atomic E-state index is 13.6. The average molecular weight is 659 g/mol. The minimum Gasteiger partial charge on any atom is -0.512 e. The first-order valence-electron chi connectivity index (χ1n) is 12.4. The van der Waals surface area contributed by atoms with Gasteiger partial charge in [0.1, 0.15) is 17.1 Å². The molecule has 0 saturated heterocycles. The number of hydrogen-bond donors (Lipinski definition) is 2. The second-order valence-electron chi connectivity index (χ2n) is 10.0. The van der Waals surface area contributed by atoms with Crippen molar-refractivity contribution in [3.63, 3.8) is 0 Å². The summed E-state index contributed by atoms with van der Waals surface area (Å²) in [6, 6.07) is 4.68. The van der Waals surface area contributed by atoms with E-state index in [2.05, 4.69) is 15.1 Å². The molecule has 1 aliphatic heterocycles. The number of halogens is 4. The number of rotatable bonds is 8. The van der Waals surface area contributed by atoms with Crippen LogP contribution in [0.3, 0.4) is 0 Å². The van der Waals surface area contributed by atoms with Crippen molar-refractivity contribution in [3.8, 4) is 5.75 Å². The molecule has 12 heteroatoms. The number of alkyl halides is 3. The van der Waals surface area contributed by atoms with E-state index >= 15 is 0 Å². The third-order valence-corrected chi connectivity index (χ3v) is 7.95. The van der Waals surface area contributed by atoms with Gasteiger partial charge in [0.25, 0.3) is 5.78 Å². The van der Waals surface area contributed by atoms with Gasteiger partial charge in [0, 0.05) is 24.8 Å². The normalized spacial score (nSPS) is 20.9. The maximum absolute atomic E-state index is 13.6. The molecule has 1 saturated carbocycles. The van der Waals surface area contributed by atoms with Crippen LogP contribution in [-0.4, -0.2) is 45.3 Å². The predicted molar refractivity (Wildman–Crippen MR) is 144 cm³/mol. The van der Waals surface area contributed by atoms with Gasteiger partial charge < -0.3 is 14.9 Å². The molecule has 1 unspecified atom stereocenters. The smallest absolute Gasteiger partial charge is 0.338 e. The molecule has 0 amide bonds. The lowest BCUT2D eigenvalue weighted by molar-refractivity contribution is -0.167. The molecule has 8 nitrogen and oxygen atoms in total. The first kappa shape index (κ1) is 27.0. The Labute approximate surface area is 236 Å². The summed E-state index contributed by atoms with van der Waals surface area (Å²) in [5, 5.41) is 25.8. The molecule has 1 fully saturated rings. The van der Waals surface area contributed by atoms with Gasteiger partial charge in [-0.05, 0) is 65.8 Å². The zero-order chi connectivity index (χ0) is 27.1. The number of aliphatic hydroxyl groups excluding tert-OH is 1. The molecule has 1 atom stereocenters. The van der Waals surface area contributed by atoms with Crippen LogP contribution in [0.25, 0.3) is 5.78 Å². The Balaban J connectivity index is 1.38. The predicted octanol–water partition coefficient (Wildman–Crippen LogP) is 5.92. The minimum atomic E-state index is -2.98. The van der Waals surface area contributed by atoms with Gasteiger partial charge in [0.05, 0.1) is 23.0 Å². The molecular formula is C26H26ClF2IN4O4. The van der Waals surface area contributed by atoms with Gasteiger partial charge in [-0.3, -0.25) is 0 Å². The highest BCUT2D eigenvalue weighted by atomic mass is 127. The zero-order valence-corrected chi connectivity index (χ0v) is 23.3. The highest BCUT2D eigenvalue weighted by Gasteiger charge is 2.48. The molecule has 2 N–H and O–H groups in total. The number of benzene rings is 1.